The first kappa shape index (κ1) is 31.0. The van der Waals surface area contributed by atoms with Crippen LogP contribution in [0.3, 0.4) is 0 Å². The summed E-state index contributed by atoms with van der Waals surface area (Å²) in [4.78, 5) is 19.3. The Kier molecular flexibility index (Phi) is 32.8. The van der Waals surface area contributed by atoms with Crippen molar-refractivity contribution in [1.29, 1.82) is 0 Å². The van der Waals surface area contributed by atoms with Gasteiger partial charge in [-0.1, -0.05) is 78.1 Å². The molecule has 0 fully saturated rings. The van der Waals surface area contributed by atoms with Gasteiger partial charge >= 0.3 is 41.5 Å². The van der Waals surface area contributed by atoms with Gasteiger partial charge in [0.15, 0.2) is 0 Å². The van der Waals surface area contributed by atoms with E-state index in [9.17, 15) is 9.59 Å². The quantitative estimate of drug-likeness (QED) is 0.289. The first-order valence-corrected chi connectivity index (χ1v) is 11.2. The summed E-state index contributed by atoms with van der Waals surface area (Å²) in [6, 6.07) is 0. The molecule has 0 atom stereocenters. The zero-order valence-electron chi connectivity index (χ0n) is 18.4. The number of hydrogen-bond acceptors (Lipinski definition) is 3. The van der Waals surface area contributed by atoms with Gasteiger partial charge in [-0.2, -0.15) is 11.8 Å². The molecular weight excluding hydrogens is 359 g/mol. The zero-order valence-corrected chi connectivity index (χ0v) is 20.2. The molecule has 0 heterocycles. The van der Waals surface area contributed by atoms with E-state index in [0.717, 1.165) is 0 Å². The van der Waals surface area contributed by atoms with E-state index in [1.54, 1.807) is 0 Å². The maximum Gasteiger partial charge on any atom is 1.00 e. The molecule has 0 saturated carbocycles. The van der Waals surface area contributed by atoms with Crippen molar-refractivity contribution in [2.24, 2.45) is 0 Å². The average Bonchev–Trinajstić information content (AvgIpc) is 2.58. The molecule has 0 aromatic rings. The first-order chi connectivity index (χ1) is 12.0. The van der Waals surface area contributed by atoms with E-state index in [1.807, 2.05) is 0 Å². The monoisotopic (exact) mass is 400 g/mol. The molecular formula is C20H41NaO4S. The van der Waals surface area contributed by atoms with Crippen molar-refractivity contribution in [2.75, 3.05) is 11.5 Å². The summed E-state index contributed by atoms with van der Waals surface area (Å²) in [5.41, 5.74) is 0. The molecule has 0 rings (SSSR count). The second-order valence-corrected chi connectivity index (χ2v) is 7.66. The SMILES string of the molecule is CCCCCCCCSCCCCCCCC.O=C(O)CCC(=O)O.[H-].[Na+]. The Labute approximate surface area is 189 Å². The first-order valence-electron chi connectivity index (χ1n) is 10.1. The van der Waals surface area contributed by atoms with Crippen molar-refractivity contribution in [3.05, 3.63) is 0 Å². The Balaban J connectivity index is -0.000000226. The van der Waals surface area contributed by atoms with Crippen molar-refractivity contribution < 1.29 is 50.8 Å². The van der Waals surface area contributed by atoms with Gasteiger partial charge in [0.2, 0.25) is 0 Å². The number of aliphatic carboxylic acids is 2. The summed E-state index contributed by atoms with van der Waals surface area (Å²) in [5, 5.41) is 15.8. The van der Waals surface area contributed by atoms with E-state index in [-0.39, 0.29) is 43.8 Å². The maximum atomic E-state index is 9.64. The zero-order chi connectivity index (χ0) is 19.2. The molecule has 0 aliphatic rings. The van der Waals surface area contributed by atoms with Crippen LogP contribution in [0.4, 0.5) is 0 Å². The van der Waals surface area contributed by atoms with E-state index in [0.29, 0.717) is 0 Å². The molecule has 6 heteroatoms. The van der Waals surface area contributed by atoms with Gasteiger partial charge in [-0.25, -0.2) is 0 Å². The van der Waals surface area contributed by atoms with Gasteiger partial charge in [0.25, 0.3) is 0 Å². The van der Waals surface area contributed by atoms with Crippen molar-refractivity contribution in [2.45, 2.75) is 104 Å². The van der Waals surface area contributed by atoms with Crippen molar-refractivity contribution >= 4 is 23.7 Å². The molecule has 0 unspecified atom stereocenters. The van der Waals surface area contributed by atoms with E-state index in [2.05, 4.69) is 25.6 Å². The summed E-state index contributed by atoms with van der Waals surface area (Å²) in [7, 11) is 0. The number of rotatable bonds is 17. The molecule has 0 bridgehead atoms. The predicted molar refractivity (Wildman–Crippen MR) is 110 cm³/mol. The third-order valence-corrected chi connectivity index (χ3v) is 4.99. The molecule has 2 N–H and O–H groups in total. The van der Waals surface area contributed by atoms with Gasteiger partial charge in [0, 0.05) is 0 Å². The molecule has 0 saturated heterocycles. The molecule has 0 aliphatic heterocycles. The maximum absolute atomic E-state index is 9.64. The van der Waals surface area contributed by atoms with Crippen LogP contribution < -0.4 is 29.6 Å². The van der Waals surface area contributed by atoms with Gasteiger partial charge in [-0.05, 0) is 24.3 Å². The molecule has 0 aliphatic carbocycles. The third kappa shape index (κ3) is 35.4. The fraction of sp³-hybridized carbons (Fsp3) is 0.900. The average molecular weight is 401 g/mol. The normalized spacial score (nSPS) is 9.77. The minimum absolute atomic E-state index is 0. The molecule has 0 radical (unpaired) electrons. The van der Waals surface area contributed by atoms with Crippen LogP contribution in [0, 0.1) is 0 Å². The summed E-state index contributed by atoms with van der Waals surface area (Å²) >= 11 is 2.18. The topological polar surface area (TPSA) is 74.6 Å². The van der Waals surface area contributed by atoms with Gasteiger partial charge < -0.3 is 11.6 Å². The fourth-order valence-corrected chi connectivity index (χ4v) is 3.31. The second-order valence-electron chi connectivity index (χ2n) is 6.44. The molecule has 4 nitrogen and oxygen atoms in total. The molecule has 0 spiro atoms. The number of carbonyl (C=O) groups is 2. The molecule has 0 aromatic heterocycles. The van der Waals surface area contributed by atoms with Crippen molar-refractivity contribution in [3.8, 4) is 0 Å². The smallest absolute Gasteiger partial charge is 1.00 e. The van der Waals surface area contributed by atoms with Crippen LogP contribution in [0.15, 0.2) is 0 Å². The number of carboxylic acid groups (broad SMARTS) is 2. The van der Waals surface area contributed by atoms with Crippen LogP contribution in [-0.4, -0.2) is 33.7 Å². The van der Waals surface area contributed by atoms with Crippen molar-refractivity contribution in [3.63, 3.8) is 0 Å². The summed E-state index contributed by atoms with van der Waals surface area (Å²) in [6.45, 7) is 4.58. The van der Waals surface area contributed by atoms with E-state index >= 15 is 0 Å². The molecule has 152 valence electrons. The van der Waals surface area contributed by atoms with Gasteiger partial charge in [-0.15, -0.1) is 0 Å². The van der Waals surface area contributed by atoms with Crippen LogP contribution in [0.25, 0.3) is 0 Å². The summed E-state index contributed by atoms with van der Waals surface area (Å²) in [6.07, 6.45) is 16.7. The van der Waals surface area contributed by atoms with Crippen LogP contribution in [0.5, 0.6) is 0 Å². The molecule has 26 heavy (non-hydrogen) atoms. The molecule has 0 amide bonds. The van der Waals surface area contributed by atoms with Crippen molar-refractivity contribution in [1.82, 2.24) is 0 Å². The second kappa shape index (κ2) is 27.5. The van der Waals surface area contributed by atoms with Crippen LogP contribution >= 0.6 is 11.8 Å². The third-order valence-electron chi connectivity index (χ3n) is 3.84. The van der Waals surface area contributed by atoms with Crippen LogP contribution in [-0.2, 0) is 9.59 Å². The fourth-order valence-electron chi connectivity index (χ4n) is 2.28. The van der Waals surface area contributed by atoms with Gasteiger partial charge in [0.05, 0.1) is 12.8 Å². The number of unbranched alkanes of at least 4 members (excludes halogenated alkanes) is 10. The standard InChI is InChI=1S/C16H34S.C4H6O4.Na.H/c1-3-5-7-9-11-13-15-17-16-14-12-10-8-6-4-2;5-3(6)1-2-4(7)8;;/h3-16H2,1-2H3;1-2H2,(H,5,6)(H,7,8);;/q;;+1;-1. The Morgan fingerprint density at radius 2 is 0.962 bits per heavy atom. The van der Waals surface area contributed by atoms with E-state index < -0.39 is 11.9 Å². The van der Waals surface area contributed by atoms with Crippen LogP contribution in [0.1, 0.15) is 105 Å². The minimum Gasteiger partial charge on any atom is -1.00 e. The largest absolute Gasteiger partial charge is 1.00 e. The predicted octanol–water partition coefficient (Wildman–Crippen LogP) is 3.49. The summed E-state index contributed by atoms with van der Waals surface area (Å²) in [5.74, 6) is 0.655. The van der Waals surface area contributed by atoms with E-state index in [1.165, 1.54) is 88.6 Å². The Bertz CT molecular complexity index is 280. The number of thioether (sulfide) groups is 1. The van der Waals surface area contributed by atoms with Crippen LogP contribution in [0.2, 0.25) is 0 Å². The molecule has 0 aromatic carbocycles. The number of hydrogen-bond donors (Lipinski definition) is 2. The number of carboxylic acids is 2. The Morgan fingerprint density at radius 3 is 1.27 bits per heavy atom. The Morgan fingerprint density at radius 1 is 0.654 bits per heavy atom. The Hall–Kier alpha value is 0.290. The van der Waals surface area contributed by atoms with Gasteiger partial charge in [0.1, 0.15) is 0 Å². The van der Waals surface area contributed by atoms with E-state index in [4.69, 9.17) is 10.2 Å². The summed E-state index contributed by atoms with van der Waals surface area (Å²) < 4.78 is 0. The minimum atomic E-state index is -1.08. The van der Waals surface area contributed by atoms with Gasteiger partial charge in [-0.3, -0.25) is 9.59 Å².